The molecule has 0 aliphatic rings. The quantitative estimate of drug-likeness (QED) is 0.431. The number of unbranched alkanes of at least 4 members (excludes halogenated alkanes) is 1. The van der Waals surface area contributed by atoms with E-state index in [-0.39, 0.29) is 18.9 Å². The number of benzene rings is 1. The van der Waals surface area contributed by atoms with E-state index in [2.05, 4.69) is 16.6 Å². The Labute approximate surface area is 159 Å². The molecule has 0 saturated heterocycles. The van der Waals surface area contributed by atoms with E-state index >= 15 is 0 Å². The number of carbonyl (C=O) groups is 3. The fraction of sp³-hybridized carbons (Fsp3) is 0.450. The molecule has 1 aromatic carbocycles. The molecule has 27 heavy (non-hydrogen) atoms. The molecule has 2 amide bonds. The second kappa shape index (κ2) is 11.6. The van der Waals surface area contributed by atoms with E-state index in [0.29, 0.717) is 12.8 Å². The lowest BCUT2D eigenvalue weighted by Gasteiger charge is -2.23. The van der Waals surface area contributed by atoms with Gasteiger partial charge in [0.05, 0.1) is 0 Å². The predicted molar refractivity (Wildman–Crippen MR) is 101 cm³/mol. The SMILES string of the molecule is C#CCCC[C@@H](NC(=O)[C@H](NC(=O)OCc1ccccc1)C(C)C)C(=O)O. The topological polar surface area (TPSA) is 105 Å². The third kappa shape index (κ3) is 8.27. The van der Waals surface area contributed by atoms with Gasteiger partial charge in [0.15, 0.2) is 0 Å². The number of nitrogens with one attached hydrogen (secondary N) is 2. The van der Waals surface area contributed by atoms with Gasteiger partial charge in [-0.1, -0.05) is 44.2 Å². The van der Waals surface area contributed by atoms with Crippen LogP contribution < -0.4 is 10.6 Å². The van der Waals surface area contributed by atoms with Crippen LogP contribution in [-0.2, 0) is 20.9 Å². The van der Waals surface area contributed by atoms with Gasteiger partial charge in [0.2, 0.25) is 5.91 Å². The van der Waals surface area contributed by atoms with Gasteiger partial charge in [-0.05, 0) is 24.3 Å². The van der Waals surface area contributed by atoms with E-state index in [4.69, 9.17) is 11.2 Å². The number of aliphatic carboxylic acids is 1. The number of carbonyl (C=O) groups excluding carboxylic acids is 2. The number of rotatable bonds is 10. The highest BCUT2D eigenvalue weighted by molar-refractivity contribution is 5.89. The lowest BCUT2D eigenvalue weighted by atomic mass is 10.0. The molecule has 0 unspecified atom stereocenters. The van der Waals surface area contributed by atoms with Crippen LogP contribution in [0.4, 0.5) is 4.79 Å². The second-order valence-corrected chi connectivity index (χ2v) is 6.42. The zero-order valence-electron chi connectivity index (χ0n) is 15.6. The molecular weight excluding hydrogens is 348 g/mol. The predicted octanol–water partition coefficient (Wildman–Crippen LogP) is 2.31. The summed E-state index contributed by atoms with van der Waals surface area (Å²) in [5, 5.41) is 14.2. The highest BCUT2D eigenvalue weighted by Gasteiger charge is 2.28. The Morgan fingerprint density at radius 1 is 1.19 bits per heavy atom. The summed E-state index contributed by atoms with van der Waals surface area (Å²) >= 11 is 0. The fourth-order valence-electron chi connectivity index (χ4n) is 2.35. The first-order chi connectivity index (χ1) is 12.8. The van der Waals surface area contributed by atoms with E-state index in [9.17, 15) is 19.5 Å². The number of hydrogen-bond acceptors (Lipinski definition) is 4. The van der Waals surface area contributed by atoms with Crippen molar-refractivity contribution in [3.8, 4) is 12.3 Å². The number of alkyl carbamates (subject to hydrolysis) is 1. The molecule has 146 valence electrons. The zero-order valence-corrected chi connectivity index (χ0v) is 15.6. The van der Waals surface area contributed by atoms with Crippen molar-refractivity contribution in [3.63, 3.8) is 0 Å². The highest BCUT2D eigenvalue weighted by Crippen LogP contribution is 2.07. The van der Waals surface area contributed by atoms with Gasteiger partial charge >= 0.3 is 12.1 Å². The Bertz CT molecular complexity index is 667. The Morgan fingerprint density at radius 3 is 2.41 bits per heavy atom. The lowest BCUT2D eigenvalue weighted by molar-refractivity contribution is -0.142. The van der Waals surface area contributed by atoms with E-state index < -0.39 is 30.1 Å². The monoisotopic (exact) mass is 374 g/mol. The lowest BCUT2D eigenvalue weighted by Crippen LogP contribution is -2.53. The van der Waals surface area contributed by atoms with E-state index in [1.807, 2.05) is 30.3 Å². The molecule has 0 bridgehead atoms. The van der Waals surface area contributed by atoms with Crippen molar-refractivity contribution in [1.82, 2.24) is 10.6 Å². The van der Waals surface area contributed by atoms with Gasteiger partial charge in [-0.15, -0.1) is 12.3 Å². The van der Waals surface area contributed by atoms with Crippen molar-refractivity contribution >= 4 is 18.0 Å². The summed E-state index contributed by atoms with van der Waals surface area (Å²) in [7, 11) is 0. The van der Waals surface area contributed by atoms with Gasteiger partial charge in [-0.2, -0.15) is 0 Å². The maximum absolute atomic E-state index is 12.5. The Morgan fingerprint density at radius 2 is 1.85 bits per heavy atom. The molecule has 0 fully saturated rings. The molecule has 0 aromatic heterocycles. The summed E-state index contributed by atoms with van der Waals surface area (Å²) in [6.07, 6.45) is 5.54. The van der Waals surface area contributed by atoms with Crippen LogP contribution in [0.1, 0.15) is 38.7 Å². The van der Waals surface area contributed by atoms with Crippen LogP contribution >= 0.6 is 0 Å². The van der Waals surface area contributed by atoms with Gasteiger partial charge in [0, 0.05) is 6.42 Å². The molecule has 0 radical (unpaired) electrons. The molecular formula is C20H26N2O5. The first kappa shape index (κ1) is 22.0. The smallest absolute Gasteiger partial charge is 0.408 e. The summed E-state index contributed by atoms with van der Waals surface area (Å²) in [5.74, 6) is 0.457. The Hall–Kier alpha value is -3.01. The van der Waals surface area contributed by atoms with Crippen molar-refractivity contribution in [2.24, 2.45) is 5.92 Å². The Balaban J connectivity index is 2.61. The maximum atomic E-state index is 12.5. The largest absolute Gasteiger partial charge is 0.480 e. The third-order valence-electron chi connectivity index (χ3n) is 3.86. The van der Waals surface area contributed by atoms with E-state index in [1.54, 1.807) is 13.8 Å². The first-order valence-electron chi connectivity index (χ1n) is 8.79. The summed E-state index contributed by atoms with van der Waals surface area (Å²) in [6.45, 7) is 3.56. The van der Waals surface area contributed by atoms with E-state index in [1.165, 1.54) is 0 Å². The summed E-state index contributed by atoms with van der Waals surface area (Å²) < 4.78 is 5.12. The molecule has 7 nitrogen and oxygen atoms in total. The second-order valence-electron chi connectivity index (χ2n) is 6.42. The molecule has 2 atom stereocenters. The molecule has 3 N–H and O–H groups in total. The third-order valence-corrected chi connectivity index (χ3v) is 3.86. The standard InChI is InChI=1S/C20H26N2O5/c1-4-5-7-12-16(19(24)25)21-18(23)17(14(2)3)22-20(26)27-13-15-10-8-6-9-11-15/h1,6,8-11,14,16-17H,5,7,12-13H2,2-3H3,(H,21,23)(H,22,26)(H,24,25)/t16-,17-/m1/s1. The molecule has 7 heteroatoms. The van der Waals surface area contributed by atoms with Crippen molar-refractivity contribution in [1.29, 1.82) is 0 Å². The van der Waals surface area contributed by atoms with Gasteiger partial charge in [0.25, 0.3) is 0 Å². The fourth-order valence-corrected chi connectivity index (χ4v) is 2.35. The minimum Gasteiger partial charge on any atom is -0.480 e. The zero-order chi connectivity index (χ0) is 20.2. The first-order valence-corrected chi connectivity index (χ1v) is 8.79. The van der Waals surface area contributed by atoms with Crippen LogP contribution in [-0.4, -0.2) is 35.2 Å². The minimum atomic E-state index is -1.14. The number of ether oxygens (including phenoxy) is 1. The van der Waals surface area contributed by atoms with Crippen LogP contribution in [0, 0.1) is 18.3 Å². The minimum absolute atomic E-state index is 0.0724. The van der Waals surface area contributed by atoms with Crippen LogP contribution in [0.2, 0.25) is 0 Å². The van der Waals surface area contributed by atoms with Crippen LogP contribution in [0.3, 0.4) is 0 Å². The molecule has 0 aliphatic heterocycles. The molecule has 0 aliphatic carbocycles. The summed E-state index contributed by atoms with van der Waals surface area (Å²) in [4.78, 5) is 35.8. The van der Waals surface area contributed by atoms with Gasteiger partial charge < -0.3 is 20.5 Å². The maximum Gasteiger partial charge on any atom is 0.408 e. The normalized spacial score (nSPS) is 12.5. The van der Waals surface area contributed by atoms with Gasteiger partial charge in [-0.25, -0.2) is 9.59 Å². The molecule has 0 heterocycles. The van der Waals surface area contributed by atoms with Gasteiger partial charge in [0.1, 0.15) is 18.7 Å². The summed E-state index contributed by atoms with van der Waals surface area (Å²) in [5.41, 5.74) is 0.817. The molecule has 0 saturated carbocycles. The number of amides is 2. The van der Waals surface area contributed by atoms with Crippen molar-refractivity contribution in [2.75, 3.05) is 0 Å². The van der Waals surface area contributed by atoms with Crippen LogP contribution in [0.15, 0.2) is 30.3 Å². The average molecular weight is 374 g/mol. The molecule has 1 rings (SSSR count). The number of hydrogen-bond donors (Lipinski definition) is 3. The summed E-state index contributed by atoms with van der Waals surface area (Å²) in [6, 6.07) is 7.16. The molecule has 1 aromatic rings. The van der Waals surface area contributed by atoms with Crippen LogP contribution in [0.25, 0.3) is 0 Å². The average Bonchev–Trinajstić information content (AvgIpc) is 2.64. The van der Waals surface area contributed by atoms with Gasteiger partial charge in [-0.3, -0.25) is 4.79 Å². The number of carboxylic acid groups (broad SMARTS) is 1. The van der Waals surface area contributed by atoms with Crippen molar-refractivity contribution in [2.45, 2.75) is 51.8 Å². The number of carboxylic acids is 1. The highest BCUT2D eigenvalue weighted by atomic mass is 16.5. The van der Waals surface area contributed by atoms with E-state index in [0.717, 1.165) is 5.56 Å². The van der Waals surface area contributed by atoms with Crippen molar-refractivity contribution < 1.29 is 24.2 Å². The number of terminal acetylenes is 1. The van der Waals surface area contributed by atoms with Crippen LogP contribution in [0.5, 0.6) is 0 Å². The Kier molecular flexibility index (Phi) is 9.45. The van der Waals surface area contributed by atoms with Crippen molar-refractivity contribution in [3.05, 3.63) is 35.9 Å². The molecule has 0 spiro atoms.